The predicted molar refractivity (Wildman–Crippen MR) is 79.2 cm³/mol. The third kappa shape index (κ3) is 4.14. The highest BCUT2D eigenvalue weighted by Gasteiger charge is 2.43. The summed E-state index contributed by atoms with van der Waals surface area (Å²) in [6, 6.07) is 6.75. The molecule has 2 rings (SSSR count). The van der Waals surface area contributed by atoms with Crippen LogP contribution in [-0.4, -0.2) is 36.4 Å². The Morgan fingerprint density at radius 1 is 1.50 bits per heavy atom. The van der Waals surface area contributed by atoms with Gasteiger partial charge in [-0.15, -0.1) is 12.4 Å². The predicted octanol–water partition coefficient (Wildman–Crippen LogP) is 2.83. The van der Waals surface area contributed by atoms with E-state index in [2.05, 4.69) is 21.2 Å². The Bertz CT molecular complexity index is 487. The molecule has 1 heterocycles. The van der Waals surface area contributed by atoms with Crippen molar-refractivity contribution >= 4 is 34.2 Å². The van der Waals surface area contributed by atoms with Gasteiger partial charge in [-0.2, -0.15) is 0 Å². The fraction of sp³-hybridized carbons (Fsp3) is 0.462. The number of alkyl halides is 2. The highest BCUT2D eigenvalue weighted by Crippen LogP contribution is 2.26. The summed E-state index contributed by atoms with van der Waals surface area (Å²) in [6.45, 7) is -0.0315. The lowest BCUT2D eigenvalue weighted by Crippen LogP contribution is -2.41. The summed E-state index contributed by atoms with van der Waals surface area (Å²) < 4.78 is 27.0. The second-order valence-electron chi connectivity index (χ2n) is 4.78. The quantitative estimate of drug-likeness (QED) is 0.888. The minimum Gasteiger partial charge on any atom is -0.340 e. The highest BCUT2D eigenvalue weighted by atomic mass is 79.9. The van der Waals surface area contributed by atoms with Crippen molar-refractivity contribution in [2.24, 2.45) is 0 Å². The van der Waals surface area contributed by atoms with E-state index < -0.39 is 24.9 Å². The van der Waals surface area contributed by atoms with Gasteiger partial charge in [-0.25, -0.2) is 8.78 Å². The Kier molecular flexibility index (Phi) is 5.91. The molecule has 1 atom stereocenters. The molecule has 112 valence electrons. The number of benzene rings is 1. The molecule has 0 aromatic heterocycles. The molecule has 0 aliphatic carbocycles. The van der Waals surface area contributed by atoms with Crippen molar-refractivity contribution in [1.82, 2.24) is 10.2 Å². The van der Waals surface area contributed by atoms with Gasteiger partial charge in [0.2, 0.25) is 5.91 Å². The number of carbonyl (C=O) groups is 1. The molecule has 7 heteroatoms. The van der Waals surface area contributed by atoms with Gasteiger partial charge in [0.1, 0.15) is 0 Å². The van der Waals surface area contributed by atoms with Crippen molar-refractivity contribution in [2.45, 2.75) is 24.9 Å². The number of halogens is 4. The third-order valence-electron chi connectivity index (χ3n) is 3.15. The van der Waals surface area contributed by atoms with Gasteiger partial charge < -0.3 is 4.90 Å². The van der Waals surface area contributed by atoms with Crippen LogP contribution < -0.4 is 5.32 Å². The van der Waals surface area contributed by atoms with E-state index in [0.29, 0.717) is 6.54 Å². The SMILES string of the molecule is CN(Cc1ccccc1Br)C(=O)C1CC(F)(F)CN1.Cl. The van der Waals surface area contributed by atoms with Crippen LogP contribution in [0.2, 0.25) is 0 Å². The van der Waals surface area contributed by atoms with Crippen molar-refractivity contribution in [1.29, 1.82) is 0 Å². The van der Waals surface area contributed by atoms with Crippen molar-refractivity contribution in [3.05, 3.63) is 34.3 Å². The standard InChI is InChI=1S/C13H15BrF2N2O.ClH/c1-18(7-9-4-2-3-5-10(9)14)12(19)11-6-13(15,16)8-17-11;/h2-5,11,17H,6-8H2,1H3;1H. The molecule has 0 saturated carbocycles. The largest absolute Gasteiger partial charge is 0.340 e. The van der Waals surface area contributed by atoms with Gasteiger partial charge in [0.05, 0.1) is 12.6 Å². The van der Waals surface area contributed by atoms with E-state index in [-0.39, 0.29) is 18.3 Å². The second kappa shape index (κ2) is 6.83. The lowest BCUT2D eigenvalue weighted by molar-refractivity contribution is -0.132. The third-order valence-corrected chi connectivity index (χ3v) is 3.92. The monoisotopic (exact) mass is 368 g/mol. The van der Waals surface area contributed by atoms with Crippen LogP contribution in [0.25, 0.3) is 0 Å². The van der Waals surface area contributed by atoms with E-state index in [1.807, 2.05) is 24.3 Å². The number of nitrogens with zero attached hydrogens (tertiary/aromatic N) is 1. The first-order chi connectivity index (χ1) is 8.89. The number of amides is 1. The number of rotatable bonds is 3. The van der Waals surface area contributed by atoms with E-state index in [0.717, 1.165) is 10.0 Å². The first-order valence-corrected chi connectivity index (χ1v) is 6.78. The maximum atomic E-state index is 13.1. The molecule has 1 N–H and O–H groups in total. The molecule has 1 amide bonds. The highest BCUT2D eigenvalue weighted by molar-refractivity contribution is 9.10. The van der Waals surface area contributed by atoms with Gasteiger partial charge in [0, 0.05) is 24.5 Å². The molecule has 1 unspecified atom stereocenters. The zero-order chi connectivity index (χ0) is 14.0. The smallest absolute Gasteiger partial charge is 0.262 e. The summed E-state index contributed by atoms with van der Waals surface area (Å²) in [5.41, 5.74) is 0.947. The van der Waals surface area contributed by atoms with Gasteiger partial charge in [-0.1, -0.05) is 34.1 Å². The number of hydrogen-bond acceptors (Lipinski definition) is 2. The normalized spacial score (nSPS) is 20.3. The fourth-order valence-corrected chi connectivity index (χ4v) is 2.53. The Morgan fingerprint density at radius 2 is 2.15 bits per heavy atom. The van der Waals surface area contributed by atoms with Gasteiger partial charge in [0.15, 0.2) is 0 Å². The van der Waals surface area contributed by atoms with Crippen LogP contribution >= 0.6 is 28.3 Å². The van der Waals surface area contributed by atoms with Gasteiger partial charge >= 0.3 is 0 Å². The second-order valence-corrected chi connectivity index (χ2v) is 5.63. The molecule has 0 radical (unpaired) electrons. The average Bonchev–Trinajstić information content (AvgIpc) is 2.71. The molecular weight excluding hydrogens is 354 g/mol. The van der Waals surface area contributed by atoms with Crippen LogP contribution in [0.5, 0.6) is 0 Å². The minimum absolute atomic E-state index is 0. The molecular formula is C13H16BrClF2N2O. The van der Waals surface area contributed by atoms with Crippen LogP contribution in [0.15, 0.2) is 28.7 Å². The van der Waals surface area contributed by atoms with Crippen molar-refractivity contribution in [3.63, 3.8) is 0 Å². The van der Waals surface area contributed by atoms with Gasteiger partial charge in [-0.05, 0) is 11.6 Å². The topological polar surface area (TPSA) is 32.3 Å². The van der Waals surface area contributed by atoms with Crippen LogP contribution in [0.4, 0.5) is 8.78 Å². The minimum atomic E-state index is -2.78. The maximum absolute atomic E-state index is 13.1. The molecule has 1 fully saturated rings. The first-order valence-electron chi connectivity index (χ1n) is 5.99. The summed E-state index contributed by atoms with van der Waals surface area (Å²) in [7, 11) is 1.62. The van der Waals surface area contributed by atoms with Crippen LogP contribution in [0.3, 0.4) is 0 Å². The molecule has 1 aromatic carbocycles. The van der Waals surface area contributed by atoms with E-state index in [9.17, 15) is 13.6 Å². The van der Waals surface area contributed by atoms with E-state index in [4.69, 9.17) is 0 Å². The number of carbonyl (C=O) groups excluding carboxylic acids is 1. The summed E-state index contributed by atoms with van der Waals surface area (Å²) in [4.78, 5) is 13.5. The Morgan fingerprint density at radius 3 is 2.70 bits per heavy atom. The number of likely N-dealkylation sites (N-methyl/N-ethyl adjacent to an activating group) is 1. The summed E-state index contributed by atoms with van der Waals surface area (Å²) >= 11 is 3.40. The zero-order valence-corrected chi connectivity index (χ0v) is 13.3. The lowest BCUT2D eigenvalue weighted by atomic mass is 10.1. The first kappa shape index (κ1) is 17.3. The van der Waals surface area contributed by atoms with Crippen LogP contribution in [0.1, 0.15) is 12.0 Å². The van der Waals surface area contributed by atoms with E-state index in [1.54, 1.807) is 7.05 Å². The average molecular weight is 370 g/mol. The van der Waals surface area contributed by atoms with Crippen LogP contribution in [-0.2, 0) is 11.3 Å². The molecule has 1 saturated heterocycles. The van der Waals surface area contributed by atoms with Crippen molar-refractivity contribution in [2.75, 3.05) is 13.6 Å². The molecule has 0 bridgehead atoms. The lowest BCUT2D eigenvalue weighted by Gasteiger charge is -2.21. The molecule has 20 heavy (non-hydrogen) atoms. The molecule has 1 aromatic rings. The van der Waals surface area contributed by atoms with Gasteiger partial charge in [-0.3, -0.25) is 10.1 Å². The van der Waals surface area contributed by atoms with Gasteiger partial charge in [0.25, 0.3) is 5.92 Å². The number of hydrogen-bond donors (Lipinski definition) is 1. The summed E-state index contributed by atoms with van der Waals surface area (Å²) in [5.74, 6) is -3.08. The fourth-order valence-electron chi connectivity index (χ4n) is 2.12. The summed E-state index contributed by atoms with van der Waals surface area (Å²) in [6.07, 6.45) is -0.424. The maximum Gasteiger partial charge on any atom is 0.262 e. The molecule has 0 spiro atoms. The zero-order valence-electron chi connectivity index (χ0n) is 10.9. The Hall–Kier alpha value is -0.720. The van der Waals surface area contributed by atoms with Crippen LogP contribution in [0, 0.1) is 0 Å². The van der Waals surface area contributed by atoms with Crippen molar-refractivity contribution < 1.29 is 13.6 Å². The molecule has 1 aliphatic heterocycles. The van der Waals surface area contributed by atoms with E-state index in [1.165, 1.54) is 4.90 Å². The molecule has 3 nitrogen and oxygen atoms in total. The Labute approximate surface area is 131 Å². The Balaban J connectivity index is 0.00000200. The summed E-state index contributed by atoms with van der Waals surface area (Å²) in [5, 5.41) is 2.58. The van der Waals surface area contributed by atoms with Crippen molar-refractivity contribution in [3.8, 4) is 0 Å². The number of nitrogens with one attached hydrogen (secondary N) is 1. The van der Waals surface area contributed by atoms with E-state index >= 15 is 0 Å². The molecule has 1 aliphatic rings.